The van der Waals surface area contributed by atoms with Crippen LogP contribution in [0.15, 0.2) is 10.4 Å². The SMILES string of the molecule is CCNC(=NCc1nc(C(F)(F)F)cs1)NCC(C(CC)CC)N1CCOCC1.I. The van der Waals surface area contributed by atoms with Gasteiger partial charge in [-0.05, 0) is 12.8 Å². The Morgan fingerprint density at radius 3 is 2.43 bits per heavy atom. The molecule has 1 saturated heterocycles. The Labute approximate surface area is 198 Å². The fraction of sp³-hybridized carbons (Fsp3) is 0.789. The molecule has 1 aliphatic rings. The highest BCUT2D eigenvalue weighted by Crippen LogP contribution is 2.30. The number of thiazole rings is 1. The lowest BCUT2D eigenvalue weighted by atomic mass is 9.92. The van der Waals surface area contributed by atoms with Crippen LogP contribution in [0.3, 0.4) is 0 Å². The highest BCUT2D eigenvalue weighted by atomic mass is 127. The van der Waals surface area contributed by atoms with Crippen LogP contribution in [0.5, 0.6) is 0 Å². The molecule has 0 aliphatic carbocycles. The summed E-state index contributed by atoms with van der Waals surface area (Å²) in [4.78, 5) is 10.6. The minimum Gasteiger partial charge on any atom is -0.379 e. The third-order valence-electron chi connectivity index (χ3n) is 5.15. The second kappa shape index (κ2) is 13.7. The first-order valence-corrected chi connectivity index (χ1v) is 11.1. The molecule has 2 heterocycles. The molecule has 1 fully saturated rings. The second-order valence-corrected chi connectivity index (χ2v) is 7.94. The molecule has 30 heavy (non-hydrogen) atoms. The fourth-order valence-electron chi connectivity index (χ4n) is 3.54. The fourth-order valence-corrected chi connectivity index (χ4v) is 4.26. The number of hydrogen-bond acceptors (Lipinski definition) is 5. The lowest BCUT2D eigenvalue weighted by Gasteiger charge is -2.39. The van der Waals surface area contributed by atoms with Crippen molar-refractivity contribution in [2.75, 3.05) is 39.4 Å². The van der Waals surface area contributed by atoms with Crippen LogP contribution in [0.4, 0.5) is 13.2 Å². The maximum absolute atomic E-state index is 12.7. The number of aliphatic imine (C=N–C) groups is 1. The number of halogens is 4. The average Bonchev–Trinajstić information content (AvgIpc) is 3.19. The van der Waals surface area contributed by atoms with E-state index in [1.165, 1.54) is 0 Å². The Bertz CT molecular complexity index is 634. The van der Waals surface area contributed by atoms with Crippen LogP contribution < -0.4 is 10.6 Å². The molecule has 6 nitrogen and oxygen atoms in total. The Morgan fingerprint density at radius 2 is 1.90 bits per heavy atom. The summed E-state index contributed by atoms with van der Waals surface area (Å²) in [6.45, 7) is 11.2. The topological polar surface area (TPSA) is 61.8 Å². The molecule has 2 N–H and O–H groups in total. The first-order chi connectivity index (χ1) is 13.9. The van der Waals surface area contributed by atoms with Gasteiger partial charge < -0.3 is 15.4 Å². The van der Waals surface area contributed by atoms with Gasteiger partial charge in [0.2, 0.25) is 0 Å². The zero-order valence-electron chi connectivity index (χ0n) is 17.8. The highest BCUT2D eigenvalue weighted by molar-refractivity contribution is 14.0. The summed E-state index contributed by atoms with van der Waals surface area (Å²) in [6.07, 6.45) is -2.23. The monoisotopic (exact) mass is 563 g/mol. The van der Waals surface area contributed by atoms with Gasteiger partial charge in [-0.3, -0.25) is 4.90 Å². The predicted molar refractivity (Wildman–Crippen MR) is 126 cm³/mol. The third kappa shape index (κ3) is 8.46. The summed E-state index contributed by atoms with van der Waals surface area (Å²) in [5, 5.41) is 7.94. The first-order valence-electron chi connectivity index (χ1n) is 10.2. The van der Waals surface area contributed by atoms with E-state index in [0.29, 0.717) is 29.5 Å². The van der Waals surface area contributed by atoms with E-state index in [0.717, 1.165) is 62.4 Å². The molecule has 1 aliphatic heterocycles. The van der Waals surface area contributed by atoms with Crippen molar-refractivity contribution in [3.8, 4) is 0 Å². The van der Waals surface area contributed by atoms with Gasteiger partial charge in [0, 0.05) is 37.6 Å². The number of ether oxygens (including phenoxy) is 1. The van der Waals surface area contributed by atoms with E-state index in [1.807, 2.05) is 6.92 Å². The van der Waals surface area contributed by atoms with E-state index in [4.69, 9.17) is 4.74 Å². The zero-order chi connectivity index (χ0) is 21.3. The smallest absolute Gasteiger partial charge is 0.379 e. The normalized spacial score (nSPS) is 17.0. The molecule has 11 heteroatoms. The van der Waals surface area contributed by atoms with Crippen molar-refractivity contribution < 1.29 is 17.9 Å². The number of aromatic nitrogens is 1. The summed E-state index contributed by atoms with van der Waals surface area (Å²) in [6, 6.07) is 0.356. The number of alkyl halides is 3. The molecular weight excluding hydrogens is 530 g/mol. The predicted octanol–water partition coefficient (Wildman–Crippen LogP) is 3.97. The van der Waals surface area contributed by atoms with Crippen molar-refractivity contribution >= 4 is 41.3 Å². The summed E-state index contributed by atoms with van der Waals surface area (Å²) >= 11 is 0.980. The maximum Gasteiger partial charge on any atom is 0.434 e. The summed E-state index contributed by atoms with van der Waals surface area (Å²) in [5.41, 5.74) is -0.855. The van der Waals surface area contributed by atoms with Crippen molar-refractivity contribution in [1.29, 1.82) is 0 Å². The summed E-state index contributed by atoms with van der Waals surface area (Å²) in [5.74, 6) is 1.15. The molecule has 0 amide bonds. The van der Waals surface area contributed by atoms with Gasteiger partial charge in [-0.25, -0.2) is 9.98 Å². The highest BCUT2D eigenvalue weighted by Gasteiger charge is 2.33. The Balaban J connectivity index is 0.00000450. The van der Waals surface area contributed by atoms with E-state index in [9.17, 15) is 13.2 Å². The number of rotatable bonds is 9. The third-order valence-corrected chi connectivity index (χ3v) is 5.98. The maximum atomic E-state index is 12.7. The van der Waals surface area contributed by atoms with Crippen LogP contribution in [-0.2, 0) is 17.5 Å². The Kier molecular flexibility index (Phi) is 12.5. The van der Waals surface area contributed by atoms with Crippen LogP contribution in [0.1, 0.15) is 44.3 Å². The molecule has 1 aromatic rings. The molecule has 0 bridgehead atoms. The van der Waals surface area contributed by atoms with Crippen LogP contribution in [0.25, 0.3) is 0 Å². The largest absolute Gasteiger partial charge is 0.434 e. The number of nitrogens with one attached hydrogen (secondary N) is 2. The van der Waals surface area contributed by atoms with Crippen molar-refractivity contribution in [3.63, 3.8) is 0 Å². The molecule has 0 aromatic carbocycles. The van der Waals surface area contributed by atoms with E-state index in [1.54, 1.807) is 0 Å². The van der Waals surface area contributed by atoms with Crippen molar-refractivity contribution in [1.82, 2.24) is 20.5 Å². The van der Waals surface area contributed by atoms with Crippen LogP contribution in [-0.4, -0.2) is 61.3 Å². The van der Waals surface area contributed by atoms with Gasteiger partial charge >= 0.3 is 6.18 Å². The van der Waals surface area contributed by atoms with Gasteiger partial charge in [-0.15, -0.1) is 35.3 Å². The number of morpholine rings is 1. The van der Waals surface area contributed by atoms with Gasteiger partial charge in [0.15, 0.2) is 11.7 Å². The minimum atomic E-state index is -4.41. The number of guanidine groups is 1. The average molecular weight is 563 g/mol. The molecular formula is C19H33F3IN5OS. The van der Waals surface area contributed by atoms with E-state index in [-0.39, 0.29) is 30.5 Å². The van der Waals surface area contributed by atoms with Gasteiger partial charge in [0.05, 0.1) is 19.8 Å². The Hall–Kier alpha value is -0.660. The van der Waals surface area contributed by atoms with Gasteiger partial charge in [-0.2, -0.15) is 13.2 Å². The molecule has 0 saturated carbocycles. The lowest BCUT2D eigenvalue weighted by Crippen LogP contribution is -2.53. The molecule has 2 rings (SSSR count). The van der Waals surface area contributed by atoms with Gasteiger partial charge in [-0.1, -0.05) is 26.7 Å². The molecule has 1 unspecified atom stereocenters. The molecule has 1 atom stereocenters. The molecule has 1 aromatic heterocycles. The minimum absolute atomic E-state index is 0. The van der Waals surface area contributed by atoms with E-state index in [2.05, 4.69) is 39.4 Å². The summed E-state index contributed by atoms with van der Waals surface area (Å²) in [7, 11) is 0. The van der Waals surface area contributed by atoms with Gasteiger partial charge in [0.25, 0.3) is 0 Å². The van der Waals surface area contributed by atoms with Crippen LogP contribution in [0.2, 0.25) is 0 Å². The van der Waals surface area contributed by atoms with Crippen LogP contribution >= 0.6 is 35.3 Å². The van der Waals surface area contributed by atoms with Crippen molar-refractivity contribution in [3.05, 3.63) is 16.1 Å². The second-order valence-electron chi connectivity index (χ2n) is 6.99. The van der Waals surface area contributed by atoms with E-state index >= 15 is 0 Å². The van der Waals surface area contributed by atoms with E-state index < -0.39 is 11.9 Å². The number of nitrogens with zero attached hydrogens (tertiary/aromatic N) is 3. The number of hydrogen-bond donors (Lipinski definition) is 2. The van der Waals surface area contributed by atoms with Gasteiger partial charge in [0.1, 0.15) is 5.01 Å². The van der Waals surface area contributed by atoms with Crippen molar-refractivity contribution in [2.45, 2.75) is 52.4 Å². The Morgan fingerprint density at radius 1 is 1.23 bits per heavy atom. The van der Waals surface area contributed by atoms with Crippen molar-refractivity contribution in [2.24, 2.45) is 10.9 Å². The summed E-state index contributed by atoms with van der Waals surface area (Å²) < 4.78 is 43.7. The molecule has 174 valence electrons. The van der Waals surface area contributed by atoms with Crippen LogP contribution in [0, 0.1) is 5.92 Å². The first kappa shape index (κ1) is 27.4. The zero-order valence-corrected chi connectivity index (χ0v) is 20.9. The standard InChI is InChI=1S/C19H32F3N5OS.HI/c1-4-14(5-2)15(27-7-9-28-10-8-27)11-24-18(23-6-3)25-12-17-26-16(13-29-17)19(20,21)22;/h13-15H,4-12H2,1-3H3,(H2,23,24,25);1H. The lowest BCUT2D eigenvalue weighted by molar-refractivity contribution is -0.140. The quantitative estimate of drug-likeness (QED) is 0.271. The molecule has 0 radical (unpaired) electrons. The molecule has 0 spiro atoms.